The van der Waals surface area contributed by atoms with Crippen LogP contribution in [0.3, 0.4) is 0 Å². The van der Waals surface area contributed by atoms with Crippen molar-refractivity contribution in [1.29, 1.82) is 0 Å². The molecule has 1 aliphatic carbocycles. The molecule has 0 aliphatic heterocycles. The highest BCUT2D eigenvalue weighted by Gasteiger charge is 2.57. The summed E-state index contributed by atoms with van der Waals surface area (Å²) in [6.45, 7) is 0.587. The van der Waals surface area contributed by atoms with Crippen LogP contribution in [0.25, 0.3) is 10.9 Å². The van der Waals surface area contributed by atoms with Crippen molar-refractivity contribution >= 4 is 46.7 Å². The molecule has 0 spiro atoms. The number of benzene rings is 3. The van der Waals surface area contributed by atoms with E-state index in [0.29, 0.717) is 59.3 Å². The van der Waals surface area contributed by atoms with Crippen molar-refractivity contribution in [1.82, 2.24) is 4.98 Å². The van der Waals surface area contributed by atoms with Crippen molar-refractivity contribution in [3.63, 3.8) is 0 Å². The standard InChI is InChI=1S/C34H36FN3O5S/c1-41-30-21-27-28(22-31(30)42-19-5-3-2-4-6-20-44)37-18-15-29(27)43-26-13-11-25(12-14-26)38(24-9-7-23(35)8-10-24)33(40)34(16-17-34)32(36)39/h7-15,18,21-22,44H,2-6,16-17,19-20H2,1H3,(H2,36,39). The molecule has 10 heteroatoms. The minimum absolute atomic E-state index is 0.377. The third kappa shape index (κ3) is 6.91. The lowest BCUT2D eigenvalue weighted by atomic mass is 10.0. The second-order valence-corrected chi connectivity index (χ2v) is 11.3. The normalized spacial score (nSPS) is 13.3. The Bertz CT molecular complexity index is 1610. The van der Waals surface area contributed by atoms with Crippen molar-refractivity contribution in [2.75, 3.05) is 24.4 Å². The van der Waals surface area contributed by atoms with Crippen LogP contribution in [0.15, 0.2) is 72.9 Å². The third-order valence-corrected chi connectivity index (χ3v) is 8.10. The van der Waals surface area contributed by atoms with Gasteiger partial charge in [0.1, 0.15) is 22.7 Å². The molecule has 230 valence electrons. The van der Waals surface area contributed by atoms with Gasteiger partial charge < -0.3 is 19.9 Å². The summed E-state index contributed by atoms with van der Waals surface area (Å²) in [6.07, 6.45) is 7.94. The number of fused-ring (bicyclic) bond motifs is 1. The van der Waals surface area contributed by atoms with Gasteiger partial charge in [0.05, 0.1) is 19.2 Å². The maximum atomic E-state index is 13.7. The molecule has 3 aromatic carbocycles. The smallest absolute Gasteiger partial charge is 0.247 e. The fourth-order valence-corrected chi connectivity index (χ4v) is 5.31. The summed E-state index contributed by atoms with van der Waals surface area (Å²) in [7, 11) is 1.60. The first-order valence-corrected chi connectivity index (χ1v) is 15.4. The maximum absolute atomic E-state index is 13.7. The van der Waals surface area contributed by atoms with Gasteiger partial charge in [-0.15, -0.1) is 0 Å². The summed E-state index contributed by atoms with van der Waals surface area (Å²) in [6, 6.07) is 17.8. The summed E-state index contributed by atoms with van der Waals surface area (Å²) in [5.41, 5.74) is 5.95. The Labute approximate surface area is 261 Å². The zero-order chi connectivity index (χ0) is 31.1. The van der Waals surface area contributed by atoms with E-state index in [-0.39, 0.29) is 0 Å². The van der Waals surface area contributed by atoms with Gasteiger partial charge in [-0.3, -0.25) is 19.5 Å². The van der Waals surface area contributed by atoms with Crippen molar-refractivity contribution < 1.29 is 28.2 Å². The van der Waals surface area contributed by atoms with Crippen LogP contribution in [0.5, 0.6) is 23.0 Å². The predicted molar refractivity (Wildman–Crippen MR) is 172 cm³/mol. The molecule has 1 aromatic heterocycles. The fourth-order valence-electron chi connectivity index (χ4n) is 5.08. The first-order chi connectivity index (χ1) is 21.4. The molecule has 0 unspecified atom stereocenters. The molecule has 1 heterocycles. The molecule has 0 saturated heterocycles. The molecule has 4 aromatic rings. The number of unbranched alkanes of at least 4 members (excludes halogenated alkanes) is 4. The highest BCUT2D eigenvalue weighted by atomic mass is 32.1. The number of hydrogen-bond donors (Lipinski definition) is 2. The molecular formula is C34H36FN3O5S. The molecule has 1 fully saturated rings. The van der Waals surface area contributed by atoms with E-state index in [1.54, 1.807) is 43.6 Å². The van der Waals surface area contributed by atoms with Crippen LogP contribution >= 0.6 is 12.6 Å². The molecule has 5 rings (SSSR count). The lowest BCUT2D eigenvalue weighted by molar-refractivity contribution is -0.133. The van der Waals surface area contributed by atoms with Crippen LogP contribution in [0.1, 0.15) is 44.9 Å². The third-order valence-electron chi connectivity index (χ3n) is 7.79. The van der Waals surface area contributed by atoms with E-state index in [1.807, 2.05) is 12.1 Å². The van der Waals surface area contributed by atoms with Gasteiger partial charge in [0.15, 0.2) is 11.5 Å². The highest BCUT2D eigenvalue weighted by Crippen LogP contribution is 2.49. The number of amides is 2. The van der Waals surface area contributed by atoms with Crippen molar-refractivity contribution in [2.45, 2.75) is 44.9 Å². The Morgan fingerprint density at radius 2 is 1.57 bits per heavy atom. The van der Waals surface area contributed by atoms with Gasteiger partial charge in [-0.1, -0.05) is 19.3 Å². The zero-order valence-electron chi connectivity index (χ0n) is 24.6. The summed E-state index contributed by atoms with van der Waals surface area (Å²) in [5, 5.41) is 0.743. The van der Waals surface area contributed by atoms with E-state index < -0.39 is 23.0 Å². The molecule has 1 aliphatic rings. The molecule has 0 bridgehead atoms. The van der Waals surface area contributed by atoms with Gasteiger partial charge in [0.25, 0.3) is 0 Å². The average molecular weight is 618 g/mol. The first-order valence-electron chi connectivity index (χ1n) is 14.7. The monoisotopic (exact) mass is 617 g/mol. The predicted octanol–water partition coefficient (Wildman–Crippen LogP) is 7.36. The summed E-state index contributed by atoms with van der Waals surface area (Å²) in [4.78, 5) is 31.6. The van der Waals surface area contributed by atoms with Crippen LogP contribution in [-0.2, 0) is 9.59 Å². The van der Waals surface area contributed by atoms with E-state index in [2.05, 4.69) is 17.6 Å². The van der Waals surface area contributed by atoms with Crippen LogP contribution in [-0.4, -0.2) is 36.3 Å². The van der Waals surface area contributed by atoms with Crippen LogP contribution in [0.2, 0.25) is 0 Å². The average Bonchev–Trinajstić information content (AvgIpc) is 3.85. The van der Waals surface area contributed by atoms with Crippen LogP contribution < -0.4 is 24.8 Å². The number of halogens is 1. The van der Waals surface area contributed by atoms with E-state index in [4.69, 9.17) is 19.9 Å². The number of primary amides is 1. The number of carbonyl (C=O) groups is 2. The Morgan fingerprint density at radius 1 is 0.909 bits per heavy atom. The highest BCUT2D eigenvalue weighted by molar-refractivity contribution is 7.80. The number of ether oxygens (including phenoxy) is 3. The van der Waals surface area contributed by atoms with Crippen molar-refractivity contribution in [2.24, 2.45) is 11.1 Å². The van der Waals surface area contributed by atoms with Gasteiger partial charge in [-0.2, -0.15) is 12.6 Å². The lowest BCUT2D eigenvalue weighted by Crippen LogP contribution is -2.41. The van der Waals surface area contributed by atoms with Gasteiger partial charge in [0.2, 0.25) is 11.8 Å². The van der Waals surface area contributed by atoms with Gasteiger partial charge in [-0.05, 0) is 92.1 Å². The molecule has 2 N–H and O–H groups in total. The molecule has 1 saturated carbocycles. The first kappa shape index (κ1) is 31.1. The minimum Gasteiger partial charge on any atom is -0.493 e. The number of nitrogens with zero attached hydrogens (tertiary/aromatic N) is 2. The SMILES string of the molecule is COc1cc2c(Oc3ccc(N(C(=O)C4(C(N)=O)CC4)c4ccc(F)cc4)cc3)ccnc2cc1OCCCCCCCS. The molecule has 2 amide bonds. The van der Waals surface area contributed by atoms with Gasteiger partial charge >= 0.3 is 0 Å². The minimum atomic E-state index is -1.26. The largest absolute Gasteiger partial charge is 0.493 e. The lowest BCUT2D eigenvalue weighted by Gasteiger charge is -2.26. The van der Waals surface area contributed by atoms with Gasteiger partial charge in [0, 0.05) is 29.0 Å². The number of methoxy groups -OCH3 is 1. The van der Waals surface area contributed by atoms with E-state index in [0.717, 1.165) is 36.8 Å². The summed E-state index contributed by atoms with van der Waals surface area (Å²) >= 11 is 4.26. The Balaban J connectivity index is 1.34. The van der Waals surface area contributed by atoms with Gasteiger partial charge in [-0.25, -0.2) is 4.39 Å². The van der Waals surface area contributed by atoms with E-state index in [1.165, 1.54) is 35.6 Å². The molecule has 8 nitrogen and oxygen atoms in total. The molecular weight excluding hydrogens is 581 g/mol. The van der Waals surface area contributed by atoms with Crippen molar-refractivity contribution in [3.05, 3.63) is 78.7 Å². The second kappa shape index (κ2) is 14.0. The Hall–Kier alpha value is -4.31. The van der Waals surface area contributed by atoms with E-state index >= 15 is 0 Å². The fraction of sp³-hybridized carbons (Fsp3) is 0.324. The number of anilines is 2. The number of aromatic nitrogens is 1. The van der Waals surface area contributed by atoms with Crippen LogP contribution in [0.4, 0.5) is 15.8 Å². The quantitative estimate of drug-likeness (QED) is 0.0821. The Kier molecular flexibility index (Phi) is 9.89. The summed E-state index contributed by atoms with van der Waals surface area (Å²) in [5.74, 6) is 1.67. The summed E-state index contributed by atoms with van der Waals surface area (Å²) < 4.78 is 31.6. The molecule has 44 heavy (non-hydrogen) atoms. The number of hydrogen-bond acceptors (Lipinski definition) is 7. The zero-order valence-corrected chi connectivity index (χ0v) is 25.5. The van der Waals surface area contributed by atoms with Crippen LogP contribution in [0, 0.1) is 11.2 Å². The number of thiol groups is 1. The topological polar surface area (TPSA) is 104 Å². The number of pyridine rings is 1. The second-order valence-electron chi connectivity index (χ2n) is 10.8. The van der Waals surface area contributed by atoms with E-state index in [9.17, 15) is 14.0 Å². The molecule has 0 atom stereocenters. The maximum Gasteiger partial charge on any atom is 0.247 e. The number of nitrogens with two attached hydrogens (primary N) is 1. The molecule has 0 radical (unpaired) electrons. The van der Waals surface area contributed by atoms with Crippen molar-refractivity contribution in [3.8, 4) is 23.0 Å². The number of rotatable bonds is 15. The number of carbonyl (C=O) groups excluding carboxylic acids is 2. The Morgan fingerprint density at radius 3 is 2.20 bits per heavy atom.